The number of hydrogen-bond acceptors (Lipinski definition) is 6. The summed E-state index contributed by atoms with van der Waals surface area (Å²) >= 11 is 0. The fourth-order valence-corrected chi connectivity index (χ4v) is 2.83. The molecule has 140 valence electrons. The normalized spacial score (nSPS) is 13.8. The summed E-state index contributed by atoms with van der Waals surface area (Å²) in [5.41, 5.74) is 2.02. The summed E-state index contributed by atoms with van der Waals surface area (Å²) < 4.78 is 4.67. The lowest BCUT2D eigenvalue weighted by molar-refractivity contribution is -0.118. The highest BCUT2D eigenvalue weighted by Crippen LogP contribution is 2.17. The van der Waals surface area contributed by atoms with Gasteiger partial charge in [-0.15, -0.1) is 0 Å². The molecule has 1 aromatic heterocycles. The summed E-state index contributed by atoms with van der Waals surface area (Å²) in [4.78, 5) is 42.8. The van der Waals surface area contributed by atoms with Crippen LogP contribution in [-0.4, -0.2) is 61.5 Å². The smallest absolute Gasteiger partial charge is 0.337 e. The SMILES string of the molecule is COC(=O)c1cccc(NC(=O)c2ccc(N3CCN(C=O)CC3)cn2)c1. The highest BCUT2D eigenvalue weighted by molar-refractivity contribution is 6.03. The number of carbonyl (C=O) groups excluding carboxylic acids is 3. The number of anilines is 2. The lowest BCUT2D eigenvalue weighted by atomic mass is 10.2. The molecule has 0 aliphatic carbocycles. The van der Waals surface area contributed by atoms with E-state index in [1.807, 2.05) is 6.07 Å². The number of ether oxygens (including phenoxy) is 1. The molecule has 0 radical (unpaired) electrons. The average molecular weight is 368 g/mol. The van der Waals surface area contributed by atoms with Crippen molar-refractivity contribution in [3.8, 4) is 0 Å². The molecular formula is C19H20N4O4. The Balaban J connectivity index is 1.64. The number of rotatable bonds is 5. The van der Waals surface area contributed by atoms with E-state index in [0.29, 0.717) is 24.3 Å². The van der Waals surface area contributed by atoms with Crippen LogP contribution in [-0.2, 0) is 9.53 Å². The monoisotopic (exact) mass is 368 g/mol. The quantitative estimate of drug-likeness (QED) is 0.634. The predicted octanol–water partition coefficient (Wildman–Crippen LogP) is 1.40. The topological polar surface area (TPSA) is 91.8 Å². The van der Waals surface area contributed by atoms with Gasteiger partial charge in [0.2, 0.25) is 6.41 Å². The molecule has 1 aromatic carbocycles. The molecule has 2 heterocycles. The Morgan fingerprint density at radius 2 is 1.93 bits per heavy atom. The maximum Gasteiger partial charge on any atom is 0.337 e. The second-order valence-electron chi connectivity index (χ2n) is 6.06. The summed E-state index contributed by atoms with van der Waals surface area (Å²) in [5, 5.41) is 2.72. The van der Waals surface area contributed by atoms with Crippen molar-refractivity contribution in [2.45, 2.75) is 0 Å². The van der Waals surface area contributed by atoms with Gasteiger partial charge in [-0.05, 0) is 30.3 Å². The fourth-order valence-electron chi connectivity index (χ4n) is 2.83. The first-order valence-corrected chi connectivity index (χ1v) is 8.51. The van der Waals surface area contributed by atoms with Crippen molar-refractivity contribution in [1.29, 1.82) is 0 Å². The van der Waals surface area contributed by atoms with Crippen LogP contribution in [0.1, 0.15) is 20.8 Å². The fraction of sp³-hybridized carbons (Fsp3) is 0.263. The molecule has 0 saturated carbocycles. The molecule has 0 unspecified atom stereocenters. The Kier molecular flexibility index (Phi) is 5.65. The summed E-state index contributed by atoms with van der Waals surface area (Å²) in [6.07, 6.45) is 2.51. The van der Waals surface area contributed by atoms with Gasteiger partial charge in [-0.25, -0.2) is 9.78 Å². The van der Waals surface area contributed by atoms with Crippen LogP contribution in [0.2, 0.25) is 0 Å². The zero-order valence-corrected chi connectivity index (χ0v) is 14.9. The zero-order valence-electron chi connectivity index (χ0n) is 14.9. The van der Waals surface area contributed by atoms with Gasteiger partial charge < -0.3 is 19.9 Å². The Morgan fingerprint density at radius 3 is 2.56 bits per heavy atom. The van der Waals surface area contributed by atoms with E-state index in [-0.39, 0.29) is 11.6 Å². The van der Waals surface area contributed by atoms with Crippen LogP contribution in [0.3, 0.4) is 0 Å². The molecule has 8 nitrogen and oxygen atoms in total. The third kappa shape index (κ3) is 4.41. The standard InChI is InChI=1S/C19H20N4O4/c1-27-19(26)14-3-2-4-15(11-14)21-18(25)17-6-5-16(12-20-17)23-9-7-22(13-24)8-10-23/h2-6,11-13H,7-10H2,1H3,(H,21,25). The Labute approximate surface area is 156 Å². The van der Waals surface area contributed by atoms with Crippen LogP contribution in [0.5, 0.6) is 0 Å². The highest BCUT2D eigenvalue weighted by atomic mass is 16.5. The molecule has 1 saturated heterocycles. The van der Waals surface area contributed by atoms with E-state index in [1.54, 1.807) is 41.4 Å². The number of nitrogens with one attached hydrogen (secondary N) is 1. The number of hydrogen-bond donors (Lipinski definition) is 1. The number of methoxy groups -OCH3 is 1. The van der Waals surface area contributed by atoms with E-state index in [0.717, 1.165) is 25.2 Å². The van der Waals surface area contributed by atoms with Gasteiger partial charge in [-0.2, -0.15) is 0 Å². The van der Waals surface area contributed by atoms with Gasteiger partial charge in [0, 0.05) is 31.9 Å². The third-order valence-corrected chi connectivity index (χ3v) is 4.35. The van der Waals surface area contributed by atoms with Crippen molar-refractivity contribution < 1.29 is 19.1 Å². The molecule has 1 aliphatic heterocycles. The lowest BCUT2D eigenvalue weighted by Gasteiger charge is -2.33. The molecule has 1 N–H and O–H groups in total. The molecule has 2 aromatic rings. The molecule has 2 amide bonds. The third-order valence-electron chi connectivity index (χ3n) is 4.35. The minimum atomic E-state index is -0.469. The second kappa shape index (κ2) is 8.31. The predicted molar refractivity (Wildman–Crippen MR) is 99.8 cm³/mol. The zero-order chi connectivity index (χ0) is 19.2. The minimum Gasteiger partial charge on any atom is -0.465 e. The van der Waals surface area contributed by atoms with Crippen LogP contribution in [0.25, 0.3) is 0 Å². The summed E-state index contributed by atoms with van der Waals surface area (Å²) in [6, 6.07) is 10.00. The van der Waals surface area contributed by atoms with E-state index in [2.05, 4.69) is 19.9 Å². The molecule has 1 fully saturated rings. The van der Waals surface area contributed by atoms with Crippen LogP contribution in [0, 0.1) is 0 Å². The molecule has 8 heteroatoms. The molecule has 0 bridgehead atoms. The lowest BCUT2D eigenvalue weighted by Crippen LogP contribution is -2.45. The van der Waals surface area contributed by atoms with Crippen LogP contribution < -0.4 is 10.2 Å². The first kappa shape index (κ1) is 18.4. The average Bonchev–Trinajstić information content (AvgIpc) is 2.73. The largest absolute Gasteiger partial charge is 0.465 e. The van der Waals surface area contributed by atoms with Crippen molar-refractivity contribution in [2.24, 2.45) is 0 Å². The van der Waals surface area contributed by atoms with E-state index in [9.17, 15) is 14.4 Å². The van der Waals surface area contributed by atoms with Gasteiger partial charge in [0.25, 0.3) is 5.91 Å². The number of aromatic nitrogens is 1. The number of benzene rings is 1. The van der Waals surface area contributed by atoms with Gasteiger partial charge in [0.05, 0.1) is 24.6 Å². The Morgan fingerprint density at radius 1 is 1.15 bits per heavy atom. The van der Waals surface area contributed by atoms with E-state index in [4.69, 9.17) is 0 Å². The number of amides is 2. The van der Waals surface area contributed by atoms with Crippen molar-refractivity contribution in [2.75, 3.05) is 43.5 Å². The Bertz CT molecular complexity index is 830. The maximum absolute atomic E-state index is 12.4. The number of carbonyl (C=O) groups is 3. The van der Waals surface area contributed by atoms with Crippen molar-refractivity contribution in [1.82, 2.24) is 9.88 Å². The first-order valence-electron chi connectivity index (χ1n) is 8.51. The molecule has 0 atom stereocenters. The first-order chi connectivity index (χ1) is 13.1. The molecular weight excluding hydrogens is 348 g/mol. The molecule has 27 heavy (non-hydrogen) atoms. The van der Waals surface area contributed by atoms with E-state index >= 15 is 0 Å². The minimum absolute atomic E-state index is 0.272. The van der Waals surface area contributed by atoms with E-state index in [1.165, 1.54) is 7.11 Å². The summed E-state index contributed by atoms with van der Waals surface area (Å²) in [6.45, 7) is 2.79. The van der Waals surface area contributed by atoms with Crippen LogP contribution in [0.4, 0.5) is 11.4 Å². The number of piperazine rings is 1. The summed E-state index contributed by atoms with van der Waals surface area (Å²) in [5.74, 6) is -0.836. The van der Waals surface area contributed by atoms with Crippen LogP contribution in [0.15, 0.2) is 42.6 Å². The van der Waals surface area contributed by atoms with Gasteiger partial charge in [-0.1, -0.05) is 6.07 Å². The van der Waals surface area contributed by atoms with Crippen molar-refractivity contribution in [3.63, 3.8) is 0 Å². The molecule has 1 aliphatic rings. The second-order valence-corrected chi connectivity index (χ2v) is 6.06. The van der Waals surface area contributed by atoms with Crippen LogP contribution >= 0.6 is 0 Å². The molecule has 0 spiro atoms. The highest BCUT2D eigenvalue weighted by Gasteiger charge is 2.17. The van der Waals surface area contributed by atoms with Gasteiger partial charge in [0.15, 0.2) is 0 Å². The maximum atomic E-state index is 12.4. The van der Waals surface area contributed by atoms with Crippen molar-refractivity contribution in [3.05, 3.63) is 53.9 Å². The number of nitrogens with zero attached hydrogens (tertiary/aromatic N) is 3. The molecule has 3 rings (SSSR count). The summed E-state index contributed by atoms with van der Waals surface area (Å²) in [7, 11) is 1.30. The van der Waals surface area contributed by atoms with Gasteiger partial charge in [0.1, 0.15) is 5.69 Å². The van der Waals surface area contributed by atoms with Gasteiger partial charge >= 0.3 is 5.97 Å². The number of esters is 1. The van der Waals surface area contributed by atoms with E-state index < -0.39 is 5.97 Å². The Hall–Kier alpha value is -3.42. The van der Waals surface area contributed by atoms with Crippen molar-refractivity contribution >= 4 is 29.7 Å². The number of pyridine rings is 1. The van der Waals surface area contributed by atoms with Gasteiger partial charge in [-0.3, -0.25) is 9.59 Å².